The van der Waals surface area contributed by atoms with Gasteiger partial charge in [-0.1, -0.05) is 26.7 Å². The number of hydrogen-bond donors (Lipinski definition) is 1. The van der Waals surface area contributed by atoms with Crippen molar-refractivity contribution < 1.29 is 0 Å². The Hall–Kier alpha value is -0.960. The van der Waals surface area contributed by atoms with Crippen LogP contribution in [0.4, 0.5) is 0 Å². The van der Waals surface area contributed by atoms with Crippen molar-refractivity contribution in [2.24, 2.45) is 11.7 Å². The van der Waals surface area contributed by atoms with E-state index in [0.29, 0.717) is 5.92 Å². The van der Waals surface area contributed by atoms with Crippen LogP contribution < -0.4 is 5.73 Å². The maximum absolute atomic E-state index is 6.23. The van der Waals surface area contributed by atoms with Crippen molar-refractivity contribution in [1.29, 1.82) is 0 Å². The quantitative estimate of drug-likeness (QED) is 0.831. The Morgan fingerprint density at radius 1 is 1.31 bits per heavy atom. The molecular formula is C13H23N3. The molecule has 2 N–H and O–H groups in total. The van der Waals surface area contributed by atoms with Gasteiger partial charge >= 0.3 is 0 Å². The minimum Gasteiger partial charge on any atom is -0.324 e. The molecule has 0 radical (unpaired) electrons. The van der Waals surface area contributed by atoms with E-state index in [0.717, 1.165) is 23.4 Å². The van der Waals surface area contributed by atoms with Gasteiger partial charge in [0.25, 0.3) is 0 Å². The molecule has 0 aromatic carbocycles. The highest BCUT2D eigenvalue weighted by Crippen LogP contribution is 2.23. The number of rotatable bonds is 5. The number of aryl methyl sites for hydroxylation is 2. The molecule has 0 aliphatic carbocycles. The van der Waals surface area contributed by atoms with Crippen LogP contribution in [0.25, 0.3) is 0 Å². The van der Waals surface area contributed by atoms with Gasteiger partial charge < -0.3 is 5.73 Å². The lowest BCUT2D eigenvalue weighted by atomic mass is 9.93. The van der Waals surface area contributed by atoms with E-state index in [2.05, 4.69) is 30.1 Å². The maximum atomic E-state index is 6.23. The van der Waals surface area contributed by atoms with Crippen molar-refractivity contribution in [3.8, 4) is 0 Å². The molecule has 0 saturated carbocycles. The van der Waals surface area contributed by atoms with E-state index in [-0.39, 0.29) is 6.04 Å². The predicted octanol–water partition coefficient (Wildman–Crippen LogP) is 2.92. The molecule has 2 atom stereocenters. The monoisotopic (exact) mass is 221 g/mol. The second-order valence-electron chi connectivity index (χ2n) is 4.76. The fraction of sp³-hybridized carbons (Fsp3) is 0.692. The van der Waals surface area contributed by atoms with Crippen molar-refractivity contribution >= 4 is 0 Å². The highest BCUT2D eigenvalue weighted by atomic mass is 15.1. The molecule has 0 aliphatic heterocycles. The summed E-state index contributed by atoms with van der Waals surface area (Å²) >= 11 is 0. The van der Waals surface area contributed by atoms with Crippen LogP contribution in [0.1, 0.15) is 56.1 Å². The Bertz CT molecular complexity index is 336. The SMILES string of the molecule is CCCC(C)CC(N)c1cc(C)nnc1C. The van der Waals surface area contributed by atoms with Crippen molar-refractivity contribution in [3.63, 3.8) is 0 Å². The van der Waals surface area contributed by atoms with Crippen LogP contribution in [0.3, 0.4) is 0 Å². The molecule has 3 nitrogen and oxygen atoms in total. The molecule has 0 amide bonds. The van der Waals surface area contributed by atoms with Crippen LogP contribution in [0.5, 0.6) is 0 Å². The molecule has 1 rings (SSSR count). The van der Waals surface area contributed by atoms with E-state index >= 15 is 0 Å². The normalized spacial score (nSPS) is 14.8. The molecule has 0 bridgehead atoms. The van der Waals surface area contributed by atoms with Crippen molar-refractivity contribution in [2.45, 2.75) is 53.0 Å². The third-order valence-corrected chi connectivity index (χ3v) is 2.98. The zero-order valence-corrected chi connectivity index (χ0v) is 10.8. The van der Waals surface area contributed by atoms with Crippen molar-refractivity contribution in [2.75, 3.05) is 0 Å². The van der Waals surface area contributed by atoms with Crippen LogP contribution in [0.15, 0.2) is 6.07 Å². The van der Waals surface area contributed by atoms with Crippen LogP contribution in [0.2, 0.25) is 0 Å². The number of nitrogens with zero attached hydrogens (tertiary/aromatic N) is 2. The van der Waals surface area contributed by atoms with E-state index in [1.807, 2.05) is 13.8 Å². The van der Waals surface area contributed by atoms with Gasteiger partial charge in [-0.15, -0.1) is 0 Å². The lowest BCUT2D eigenvalue weighted by Crippen LogP contribution is -2.16. The van der Waals surface area contributed by atoms with Gasteiger partial charge in [0.05, 0.1) is 11.4 Å². The summed E-state index contributed by atoms with van der Waals surface area (Å²) in [6.45, 7) is 8.41. The largest absolute Gasteiger partial charge is 0.324 e. The molecule has 0 fully saturated rings. The Morgan fingerprint density at radius 2 is 2.00 bits per heavy atom. The van der Waals surface area contributed by atoms with Crippen molar-refractivity contribution in [1.82, 2.24) is 10.2 Å². The first-order valence-corrected chi connectivity index (χ1v) is 6.11. The second-order valence-corrected chi connectivity index (χ2v) is 4.76. The smallest absolute Gasteiger partial charge is 0.0648 e. The number of nitrogens with two attached hydrogens (primary N) is 1. The zero-order valence-electron chi connectivity index (χ0n) is 10.8. The summed E-state index contributed by atoms with van der Waals surface area (Å²) in [5.41, 5.74) is 9.28. The summed E-state index contributed by atoms with van der Waals surface area (Å²) < 4.78 is 0. The molecule has 90 valence electrons. The summed E-state index contributed by atoms with van der Waals surface area (Å²) in [6.07, 6.45) is 3.49. The van der Waals surface area contributed by atoms with Gasteiger partial charge in [-0.2, -0.15) is 10.2 Å². The summed E-state index contributed by atoms with van der Waals surface area (Å²) in [5, 5.41) is 8.15. The topological polar surface area (TPSA) is 51.8 Å². The Morgan fingerprint density at radius 3 is 2.62 bits per heavy atom. The fourth-order valence-electron chi connectivity index (χ4n) is 2.12. The predicted molar refractivity (Wildman–Crippen MR) is 67.1 cm³/mol. The molecule has 2 unspecified atom stereocenters. The van der Waals surface area contributed by atoms with E-state index in [1.165, 1.54) is 12.8 Å². The van der Waals surface area contributed by atoms with Gasteiger partial charge in [0.1, 0.15) is 0 Å². The molecule has 3 heteroatoms. The van der Waals surface area contributed by atoms with E-state index in [1.54, 1.807) is 0 Å². The van der Waals surface area contributed by atoms with E-state index < -0.39 is 0 Å². The van der Waals surface area contributed by atoms with E-state index in [9.17, 15) is 0 Å². The van der Waals surface area contributed by atoms with Crippen LogP contribution in [0, 0.1) is 19.8 Å². The number of aromatic nitrogens is 2. The second kappa shape index (κ2) is 5.94. The Labute approximate surface area is 98.5 Å². The lowest BCUT2D eigenvalue weighted by molar-refractivity contribution is 0.438. The van der Waals surface area contributed by atoms with Gasteiger partial charge in [-0.05, 0) is 37.8 Å². The maximum Gasteiger partial charge on any atom is 0.0648 e. The summed E-state index contributed by atoms with van der Waals surface area (Å²) in [6, 6.07) is 2.15. The lowest BCUT2D eigenvalue weighted by Gasteiger charge is -2.18. The first-order valence-electron chi connectivity index (χ1n) is 6.11. The van der Waals surface area contributed by atoms with Gasteiger partial charge in [-0.3, -0.25) is 0 Å². The summed E-state index contributed by atoms with van der Waals surface area (Å²) in [7, 11) is 0. The molecule has 1 aromatic rings. The minimum absolute atomic E-state index is 0.0933. The number of hydrogen-bond acceptors (Lipinski definition) is 3. The van der Waals surface area contributed by atoms with Gasteiger partial charge in [0, 0.05) is 6.04 Å². The van der Waals surface area contributed by atoms with Gasteiger partial charge in [0.2, 0.25) is 0 Å². The molecule has 16 heavy (non-hydrogen) atoms. The van der Waals surface area contributed by atoms with Crippen LogP contribution in [-0.4, -0.2) is 10.2 Å². The Balaban J connectivity index is 2.72. The van der Waals surface area contributed by atoms with Crippen molar-refractivity contribution in [3.05, 3.63) is 23.0 Å². The van der Waals surface area contributed by atoms with E-state index in [4.69, 9.17) is 5.73 Å². The average Bonchev–Trinajstić information content (AvgIpc) is 2.21. The molecule has 0 aliphatic rings. The first kappa shape index (κ1) is 13.1. The third-order valence-electron chi connectivity index (χ3n) is 2.98. The van der Waals surface area contributed by atoms with Gasteiger partial charge in [0.15, 0.2) is 0 Å². The minimum atomic E-state index is 0.0933. The van der Waals surface area contributed by atoms with Crippen LogP contribution in [-0.2, 0) is 0 Å². The first-order chi connectivity index (χ1) is 7.54. The molecule has 0 saturated heterocycles. The highest BCUT2D eigenvalue weighted by Gasteiger charge is 2.14. The van der Waals surface area contributed by atoms with Crippen LogP contribution >= 0.6 is 0 Å². The third kappa shape index (κ3) is 3.56. The van der Waals surface area contributed by atoms with Gasteiger partial charge in [-0.25, -0.2) is 0 Å². The standard InChI is InChI=1S/C13H23N3/c1-5-6-9(2)7-13(14)12-8-10(3)15-16-11(12)4/h8-9,13H,5-7,14H2,1-4H3. The molecule has 0 spiro atoms. The average molecular weight is 221 g/mol. The Kier molecular flexibility index (Phi) is 4.87. The summed E-state index contributed by atoms with van der Waals surface area (Å²) in [5.74, 6) is 0.674. The molecule has 1 heterocycles. The molecule has 1 aromatic heterocycles. The summed E-state index contributed by atoms with van der Waals surface area (Å²) in [4.78, 5) is 0. The highest BCUT2D eigenvalue weighted by molar-refractivity contribution is 5.23. The molecular weight excluding hydrogens is 198 g/mol. The zero-order chi connectivity index (χ0) is 12.1. The fourth-order valence-corrected chi connectivity index (χ4v) is 2.12.